The van der Waals surface area contributed by atoms with Crippen LogP contribution < -0.4 is 16.0 Å². The molecule has 13 heteroatoms. The van der Waals surface area contributed by atoms with Gasteiger partial charge in [0.15, 0.2) is 0 Å². The van der Waals surface area contributed by atoms with E-state index in [2.05, 4.69) is 16.0 Å². The van der Waals surface area contributed by atoms with E-state index in [0.717, 1.165) is 24.3 Å². The molecule has 33 heavy (non-hydrogen) atoms. The quantitative estimate of drug-likeness (QED) is 0.329. The first-order valence-electron chi connectivity index (χ1n) is 9.37. The first-order chi connectivity index (χ1) is 15.2. The van der Waals surface area contributed by atoms with E-state index < -0.39 is 41.3 Å². The van der Waals surface area contributed by atoms with Gasteiger partial charge in [-0.3, -0.25) is 0 Å². The maximum absolute atomic E-state index is 12.8. The highest BCUT2D eigenvalue weighted by molar-refractivity contribution is 5.89. The number of benzene rings is 2. The topological polar surface area (TPSA) is 53.2 Å². The van der Waals surface area contributed by atoms with Crippen molar-refractivity contribution in [3.63, 3.8) is 0 Å². The van der Waals surface area contributed by atoms with Crippen LogP contribution in [0.2, 0.25) is 0 Å². The molecule has 0 heterocycles. The molecule has 2 rings (SSSR count). The highest BCUT2D eigenvalue weighted by Gasteiger charge is 2.36. The lowest BCUT2D eigenvalue weighted by Gasteiger charge is -2.14. The van der Waals surface area contributed by atoms with E-state index in [9.17, 15) is 44.3 Å². The Hall–Kier alpha value is -2.96. The number of carbonyl (C=O) groups excluding carboxylic acids is 1. The molecule has 182 valence electrons. The minimum Gasteiger partial charge on any atom is -0.338 e. The fourth-order valence-electron chi connectivity index (χ4n) is 2.69. The SMILES string of the molecule is O=C(NCCCNCc1cc(C(F)(F)F)cc(C(F)(F)F)c1)Nc1ccc(C(F)(F)F)cc1. The minimum atomic E-state index is -4.93. The molecule has 0 aliphatic heterocycles. The zero-order valence-electron chi connectivity index (χ0n) is 16.7. The van der Waals surface area contributed by atoms with Crippen LogP contribution in [0.25, 0.3) is 0 Å². The van der Waals surface area contributed by atoms with Crippen LogP contribution >= 0.6 is 0 Å². The molecule has 0 aliphatic rings. The van der Waals surface area contributed by atoms with Crippen molar-refractivity contribution in [3.8, 4) is 0 Å². The predicted octanol–water partition coefficient (Wildman–Crippen LogP) is 6.04. The molecule has 0 unspecified atom stereocenters. The number of hydrogen-bond acceptors (Lipinski definition) is 2. The van der Waals surface area contributed by atoms with Gasteiger partial charge in [-0.15, -0.1) is 0 Å². The average molecular weight is 487 g/mol. The molecule has 3 N–H and O–H groups in total. The Kier molecular flexibility index (Phi) is 8.22. The highest BCUT2D eigenvalue weighted by atomic mass is 19.4. The molecule has 0 atom stereocenters. The predicted molar refractivity (Wildman–Crippen MR) is 101 cm³/mol. The van der Waals surface area contributed by atoms with E-state index >= 15 is 0 Å². The molecule has 4 nitrogen and oxygen atoms in total. The van der Waals surface area contributed by atoms with Crippen molar-refractivity contribution >= 4 is 11.7 Å². The van der Waals surface area contributed by atoms with E-state index in [1.807, 2.05) is 0 Å². The number of hydrogen-bond donors (Lipinski definition) is 3. The Labute approximate surface area is 182 Å². The molecule has 0 spiro atoms. The summed E-state index contributed by atoms with van der Waals surface area (Å²) < 4.78 is 115. The van der Waals surface area contributed by atoms with Crippen molar-refractivity contribution in [2.24, 2.45) is 0 Å². The van der Waals surface area contributed by atoms with Gasteiger partial charge in [-0.1, -0.05) is 0 Å². The fraction of sp³-hybridized carbons (Fsp3) is 0.350. The van der Waals surface area contributed by atoms with E-state index in [-0.39, 0.29) is 43.4 Å². The lowest BCUT2D eigenvalue weighted by atomic mass is 10.0. The van der Waals surface area contributed by atoms with Gasteiger partial charge >= 0.3 is 24.6 Å². The lowest BCUT2D eigenvalue weighted by Crippen LogP contribution is -2.31. The summed E-state index contributed by atoms with van der Waals surface area (Å²) in [6.45, 7) is -0.00122. The summed E-state index contributed by atoms with van der Waals surface area (Å²) in [6, 6.07) is 4.36. The van der Waals surface area contributed by atoms with Gasteiger partial charge in [-0.2, -0.15) is 39.5 Å². The van der Waals surface area contributed by atoms with E-state index in [4.69, 9.17) is 0 Å². The first-order valence-corrected chi connectivity index (χ1v) is 9.37. The summed E-state index contributed by atoms with van der Waals surface area (Å²) in [4.78, 5) is 11.7. The van der Waals surface area contributed by atoms with Crippen molar-refractivity contribution in [2.75, 3.05) is 18.4 Å². The minimum absolute atomic E-state index is 0.0443. The Morgan fingerprint density at radius 3 is 1.70 bits per heavy atom. The average Bonchev–Trinajstić information content (AvgIpc) is 2.69. The van der Waals surface area contributed by atoms with Gasteiger partial charge in [0, 0.05) is 18.8 Å². The number of rotatable bonds is 7. The Bertz CT molecular complexity index is 904. The van der Waals surface area contributed by atoms with Crippen molar-refractivity contribution in [1.82, 2.24) is 10.6 Å². The number of urea groups is 1. The third kappa shape index (κ3) is 8.48. The standard InChI is InChI=1S/C20H18F9N3O/c21-18(22,23)13-2-4-16(5-3-13)32-17(33)31-7-1-6-30-11-12-8-14(19(24,25)26)10-15(9-12)20(27,28)29/h2-5,8-10,30H,1,6-7,11H2,(H2,31,32,33). The number of alkyl halides is 9. The summed E-state index contributed by atoms with van der Waals surface area (Å²) in [5.41, 5.74) is -3.76. The molecular formula is C20H18F9N3O. The maximum atomic E-state index is 12.8. The van der Waals surface area contributed by atoms with Crippen molar-refractivity contribution < 1.29 is 44.3 Å². The van der Waals surface area contributed by atoms with Crippen LogP contribution in [-0.4, -0.2) is 19.1 Å². The molecule has 0 aliphatic carbocycles. The van der Waals surface area contributed by atoms with Crippen molar-refractivity contribution in [1.29, 1.82) is 0 Å². The Morgan fingerprint density at radius 1 is 0.697 bits per heavy atom. The fourth-order valence-corrected chi connectivity index (χ4v) is 2.69. The molecular weight excluding hydrogens is 469 g/mol. The monoisotopic (exact) mass is 487 g/mol. The molecule has 0 saturated carbocycles. The van der Waals surface area contributed by atoms with Crippen LogP contribution in [-0.2, 0) is 25.1 Å². The second-order valence-corrected chi connectivity index (χ2v) is 6.90. The molecule has 0 bridgehead atoms. The second kappa shape index (κ2) is 10.3. The summed E-state index contributed by atoms with van der Waals surface area (Å²) >= 11 is 0. The summed E-state index contributed by atoms with van der Waals surface area (Å²) in [7, 11) is 0. The van der Waals surface area contributed by atoms with Gasteiger partial charge in [0.25, 0.3) is 0 Å². The zero-order chi connectivity index (χ0) is 24.9. The Balaban J connectivity index is 1.78. The second-order valence-electron chi connectivity index (χ2n) is 6.90. The number of anilines is 1. The summed E-state index contributed by atoms with van der Waals surface area (Å²) in [5.74, 6) is 0. The highest BCUT2D eigenvalue weighted by Crippen LogP contribution is 2.36. The van der Waals surface area contributed by atoms with Gasteiger partial charge in [-0.05, 0) is 61.0 Å². The van der Waals surface area contributed by atoms with Gasteiger partial charge in [0.05, 0.1) is 16.7 Å². The van der Waals surface area contributed by atoms with Gasteiger partial charge in [0.2, 0.25) is 0 Å². The van der Waals surface area contributed by atoms with Gasteiger partial charge in [0.1, 0.15) is 0 Å². The van der Waals surface area contributed by atoms with E-state index in [1.54, 1.807) is 0 Å². The lowest BCUT2D eigenvalue weighted by molar-refractivity contribution is -0.143. The number of amides is 2. The summed E-state index contributed by atoms with van der Waals surface area (Å²) in [5, 5.41) is 7.44. The van der Waals surface area contributed by atoms with E-state index in [1.165, 1.54) is 0 Å². The molecule has 0 aromatic heterocycles. The molecule has 0 saturated heterocycles. The molecule has 0 radical (unpaired) electrons. The van der Waals surface area contributed by atoms with Gasteiger partial charge < -0.3 is 16.0 Å². The molecule has 2 aromatic rings. The number of carbonyl (C=O) groups is 1. The van der Waals surface area contributed by atoms with E-state index in [0.29, 0.717) is 12.1 Å². The number of nitrogens with one attached hydrogen (secondary N) is 3. The van der Waals surface area contributed by atoms with Crippen molar-refractivity contribution in [2.45, 2.75) is 31.5 Å². The van der Waals surface area contributed by atoms with Crippen LogP contribution in [0.15, 0.2) is 42.5 Å². The van der Waals surface area contributed by atoms with Crippen LogP contribution in [0.5, 0.6) is 0 Å². The van der Waals surface area contributed by atoms with Crippen LogP contribution in [0.3, 0.4) is 0 Å². The third-order valence-electron chi connectivity index (χ3n) is 4.26. The Morgan fingerprint density at radius 2 is 1.21 bits per heavy atom. The molecule has 2 aromatic carbocycles. The van der Waals surface area contributed by atoms with Crippen molar-refractivity contribution in [3.05, 3.63) is 64.7 Å². The third-order valence-corrected chi connectivity index (χ3v) is 4.26. The maximum Gasteiger partial charge on any atom is 0.416 e. The van der Waals surface area contributed by atoms with Gasteiger partial charge in [-0.25, -0.2) is 4.79 Å². The van der Waals surface area contributed by atoms with Crippen LogP contribution in [0, 0.1) is 0 Å². The molecule has 0 fully saturated rings. The summed E-state index contributed by atoms with van der Waals surface area (Å²) in [6.07, 6.45) is -14.1. The largest absolute Gasteiger partial charge is 0.416 e. The first kappa shape index (κ1) is 26.3. The van der Waals surface area contributed by atoms with Crippen LogP contribution in [0.4, 0.5) is 50.0 Å². The smallest absolute Gasteiger partial charge is 0.338 e. The number of halogens is 9. The van der Waals surface area contributed by atoms with Crippen LogP contribution in [0.1, 0.15) is 28.7 Å². The normalized spacial score (nSPS) is 12.5. The molecule has 2 amide bonds. The zero-order valence-corrected chi connectivity index (χ0v) is 16.7.